The fourth-order valence-corrected chi connectivity index (χ4v) is 5.36. The van der Waals surface area contributed by atoms with Gasteiger partial charge >= 0.3 is 0 Å². The number of fused-ring (bicyclic) bond motifs is 1. The number of benzene rings is 2. The van der Waals surface area contributed by atoms with Gasteiger partial charge in [-0.15, -0.1) is 0 Å². The van der Waals surface area contributed by atoms with Gasteiger partial charge in [0.15, 0.2) is 0 Å². The Hall–Kier alpha value is -2.99. The number of hydrogen-bond donors (Lipinski definition) is 2. The van der Waals surface area contributed by atoms with Crippen LogP contribution in [-0.4, -0.2) is 34.7 Å². The molecule has 1 saturated heterocycles. The summed E-state index contributed by atoms with van der Waals surface area (Å²) in [6.45, 7) is 9.21. The van der Waals surface area contributed by atoms with E-state index in [2.05, 4.69) is 47.0 Å². The molecule has 1 unspecified atom stereocenters. The summed E-state index contributed by atoms with van der Waals surface area (Å²) in [5.41, 5.74) is 4.25. The average molecular weight is 492 g/mol. The highest BCUT2D eigenvalue weighted by Crippen LogP contribution is 2.33. The standard InChI is InChI=1S/C26H29N3O3.2C2H6/c30-24-13-12-23(25(31)28-24)29-16-20-14-17(6-11-22(20)26(29)32)15-27-21-9-7-19(8-10-21)18-4-2-1-3-5-18;2*1-2/h1-6,11,14,19,21,23,27H,7-10,12-13,15-16H2,(H,28,30,31);2*1-2H3. The molecule has 194 valence electrons. The molecule has 2 fully saturated rings. The molecule has 3 amide bonds. The van der Waals surface area contributed by atoms with Gasteiger partial charge in [0.25, 0.3) is 5.91 Å². The zero-order valence-electron chi connectivity index (χ0n) is 22.2. The van der Waals surface area contributed by atoms with Gasteiger partial charge in [0.2, 0.25) is 11.8 Å². The van der Waals surface area contributed by atoms with E-state index in [-0.39, 0.29) is 24.1 Å². The van der Waals surface area contributed by atoms with Crippen molar-refractivity contribution in [1.29, 1.82) is 0 Å². The molecular formula is C30H41N3O3. The zero-order chi connectivity index (χ0) is 26.1. The Labute approximate surface area is 215 Å². The van der Waals surface area contributed by atoms with E-state index in [0.29, 0.717) is 30.5 Å². The molecule has 0 aromatic heterocycles. The third-order valence-electron chi connectivity index (χ3n) is 7.18. The van der Waals surface area contributed by atoms with Gasteiger partial charge in [-0.3, -0.25) is 19.7 Å². The normalized spacial score (nSPS) is 23.1. The molecule has 6 heteroatoms. The van der Waals surface area contributed by atoms with Crippen molar-refractivity contribution in [1.82, 2.24) is 15.5 Å². The lowest BCUT2D eigenvalue weighted by Crippen LogP contribution is -2.52. The molecule has 2 N–H and O–H groups in total. The van der Waals surface area contributed by atoms with Crippen LogP contribution in [0.4, 0.5) is 0 Å². The van der Waals surface area contributed by atoms with E-state index in [1.165, 1.54) is 31.2 Å². The number of rotatable bonds is 5. The Morgan fingerprint density at radius 2 is 1.58 bits per heavy atom. The minimum atomic E-state index is -0.561. The predicted octanol–water partition coefficient (Wildman–Crippen LogP) is 5.32. The molecule has 2 aromatic rings. The summed E-state index contributed by atoms with van der Waals surface area (Å²) in [6.07, 6.45) is 5.43. The lowest BCUT2D eigenvalue weighted by atomic mass is 9.82. The summed E-state index contributed by atoms with van der Waals surface area (Å²) in [7, 11) is 0. The minimum absolute atomic E-state index is 0.117. The molecule has 0 spiro atoms. The lowest BCUT2D eigenvalue weighted by molar-refractivity contribution is -0.136. The zero-order valence-corrected chi connectivity index (χ0v) is 22.2. The van der Waals surface area contributed by atoms with Gasteiger partial charge in [0.1, 0.15) is 6.04 Å². The number of hydrogen-bond acceptors (Lipinski definition) is 4. The van der Waals surface area contributed by atoms with Crippen LogP contribution < -0.4 is 10.6 Å². The van der Waals surface area contributed by atoms with E-state index in [9.17, 15) is 14.4 Å². The lowest BCUT2D eigenvalue weighted by Gasteiger charge is -2.29. The van der Waals surface area contributed by atoms with Crippen LogP contribution in [0, 0.1) is 0 Å². The van der Waals surface area contributed by atoms with Crippen molar-refractivity contribution in [2.24, 2.45) is 0 Å². The Morgan fingerprint density at radius 1 is 0.889 bits per heavy atom. The molecule has 6 nitrogen and oxygen atoms in total. The molecule has 0 bridgehead atoms. The molecule has 0 radical (unpaired) electrons. The highest BCUT2D eigenvalue weighted by molar-refractivity contribution is 6.05. The van der Waals surface area contributed by atoms with Crippen LogP contribution in [0.15, 0.2) is 48.5 Å². The second kappa shape index (κ2) is 13.4. The number of carbonyl (C=O) groups excluding carboxylic acids is 3. The summed E-state index contributed by atoms with van der Waals surface area (Å²) in [4.78, 5) is 38.1. The Kier molecular flexibility index (Phi) is 10.2. The van der Waals surface area contributed by atoms with E-state index in [4.69, 9.17) is 0 Å². The van der Waals surface area contributed by atoms with Gasteiger partial charge in [-0.25, -0.2) is 0 Å². The van der Waals surface area contributed by atoms with Gasteiger partial charge in [-0.2, -0.15) is 0 Å². The molecule has 36 heavy (non-hydrogen) atoms. The number of nitrogens with zero attached hydrogens (tertiary/aromatic N) is 1. The van der Waals surface area contributed by atoms with Crippen LogP contribution in [-0.2, 0) is 22.7 Å². The first-order valence-corrected chi connectivity index (χ1v) is 13.6. The maximum Gasteiger partial charge on any atom is 0.255 e. The molecule has 3 aliphatic rings. The Balaban J connectivity index is 0.000000861. The molecule has 2 heterocycles. The summed E-state index contributed by atoms with van der Waals surface area (Å²) < 4.78 is 0. The largest absolute Gasteiger partial charge is 0.322 e. The first kappa shape index (κ1) is 27.6. The fourth-order valence-electron chi connectivity index (χ4n) is 5.36. The molecule has 5 rings (SSSR count). The summed E-state index contributed by atoms with van der Waals surface area (Å²) in [6, 6.07) is 16.7. The third kappa shape index (κ3) is 6.41. The number of imide groups is 1. The van der Waals surface area contributed by atoms with E-state index in [1.807, 2.05) is 39.8 Å². The molecule has 2 aromatic carbocycles. The average Bonchev–Trinajstić information content (AvgIpc) is 3.26. The van der Waals surface area contributed by atoms with E-state index in [1.54, 1.807) is 4.90 Å². The first-order chi connectivity index (χ1) is 17.6. The molecule has 1 atom stereocenters. The third-order valence-corrected chi connectivity index (χ3v) is 7.18. The monoisotopic (exact) mass is 491 g/mol. The van der Waals surface area contributed by atoms with Crippen molar-refractivity contribution >= 4 is 17.7 Å². The summed E-state index contributed by atoms with van der Waals surface area (Å²) >= 11 is 0. The number of amides is 3. The van der Waals surface area contributed by atoms with Crippen LogP contribution in [0.1, 0.15) is 99.2 Å². The maximum absolute atomic E-state index is 12.8. The van der Waals surface area contributed by atoms with Crippen molar-refractivity contribution in [3.63, 3.8) is 0 Å². The smallest absolute Gasteiger partial charge is 0.255 e. The molecular weight excluding hydrogens is 450 g/mol. The van der Waals surface area contributed by atoms with Crippen molar-refractivity contribution < 1.29 is 14.4 Å². The Bertz CT molecular complexity index is 1030. The Morgan fingerprint density at radius 3 is 2.25 bits per heavy atom. The maximum atomic E-state index is 12.8. The summed E-state index contributed by atoms with van der Waals surface area (Å²) in [5, 5.41) is 6.05. The van der Waals surface area contributed by atoms with E-state index in [0.717, 1.165) is 17.7 Å². The van der Waals surface area contributed by atoms with E-state index >= 15 is 0 Å². The highest BCUT2D eigenvalue weighted by atomic mass is 16.2. The number of nitrogens with one attached hydrogen (secondary N) is 2. The van der Waals surface area contributed by atoms with Gasteiger partial charge in [0, 0.05) is 31.1 Å². The van der Waals surface area contributed by atoms with Crippen LogP contribution in [0.25, 0.3) is 0 Å². The number of piperidine rings is 1. The van der Waals surface area contributed by atoms with Gasteiger partial charge < -0.3 is 10.2 Å². The molecule has 2 aliphatic heterocycles. The predicted molar refractivity (Wildman–Crippen MR) is 143 cm³/mol. The second-order valence-electron chi connectivity index (χ2n) is 9.23. The van der Waals surface area contributed by atoms with Crippen LogP contribution >= 0.6 is 0 Å². The minimum Gasteiger partial charge on any atom is -0.322 e. The van der Waals surface area contributed by atoms with Gasteiger partial charge in [-0.05, 0) is 60.8 Å². The van der Waals surface area contributed by atoms with Crippen molar-refractivity contribution in [2.75, 3.05) is 0 Å². The van der Waals surface area contributed by atoms with Crippen LogP contribution in [0.5, 0.6) is 0 Å². The van der Waals surface area contributed by atoms with Crippen molar-refractivity contribution in [3.05, 3.63) is 70.8 Å². The SMILES string of the molecule is CC.CC.O=C1CCC(N2Cc3cc(CNC4CCC(c5ccccc5)CC4)ccc3C2=O)C(=O)N1. The summed E-state index contributed by atoms with van der Waals surface area (Å²) in [5.74, 6) is -0.0799. The van der Waals surface area contributed by atoms with Crippen LogP contribution in [0.2, 0.25) is 0 Å². The molecule has 1 aliphatic carbocycles. The quantitative estimate of drug-likeness (QED) is 0.555. The number of carbonyl (C=O) groups is 3. The van der Waals surface area contributed by atoms with E-state index < -0.39 is 6.04 Å². The van der Waals surface area contributed by atoms with Crippen molar-refractivity contribution in [3.8, 4) is 0 Å². The van der Waals surface area contributed by atoms with Crippen molar-refractivity contribution in [2.45, 2.75) is 97.3 Å². The fraction of sp³-hybridized carbons (Fsp3) is 0.500. The molecule has 1 saturated carbocycles. The van der Waals surface area contributed by atoms with Gasteiger partial charge in [-0.1, -0.05) is 70.2 Å². The van der Waals surface area contributed by atoms with Crippen LogP contribution in [0.3, 0.4) is 0 Å². The highest BCUT2D eigenvalue weighted by Gasteiger charge is 2.39. The van der Waals surface area contributed by atoms with Gasteiger partial charge in [0.05, 0.1) is 0 Å². The first-order valence-electron chi connectivity index (χ1n) is 13.6. The second-order valence-corrected chi connectivity index (χ2v) is 9.23. The topological polar surface area (TPSA) is 78.5 Å².